The second-order valence-electron chi connectivity index (χ2n) is 4.97. The fourth-order valence-corrected chi connectivity index (χ4v) is 2.26. The number of carbonyl (C=O) groups excluding carboxylic acids is 1. The van der Waals surface area contributed by atoms with Gasteiger partial charge < -0.3 is 15.4 Å². The van der Waals surface area contributed by atoms with Crippen molar-refractivity contribution >= 4 is 30.7 Å². The van der Waals surface area contributed by atoms with Crippen LogP contribution in [-0.4, -0.2) is 62.8 Å². The Morgan fingerprint density at radius 2 is 2.00 bits per heavy atom. The molecule has 0 aromatic heterocycles. The van der Waals surface area contributed by atoms with E-state index in [9.17, 15) is 4.79 Å². The number of halogens is 2. The molecule has 122 valence electrons. The summed E-state index contributed by atoms with van der Waals surface area (Å²) >= 11 is 0. The Kier molecular flexibility index (Phi) is 14.1. The van der Waals surface area contributed by atoms with Crippen molar-refractivity contribution in [1.82, 2.24) is 15.5 Å². The van der Waals surface area contributed by atoms with Gasteiger partial charge in [-0.1, -0.05) is 0 Å². The Labute approximate surface area is 135 Å². The van der Waals surface area contributed by atoms with Crippen molar-refractivity contribution in [2.24, 2.45) is 0 Å². The summed E-state index contributed by atoms with van der Waals surface area (Å²) in [5.74, 6) is 0.0857. The van der Waals surface area contributed by atoms with Crippen LogP contribution in [0.1, 0.15) is 26.7 Å². The molecule has 5 nitrogen and oxygen atoms in total. The molecule has 1 unspecified atom stereocenters. The topological polar surface area (TPSA) is 53.6 Å². The Morgan fingerprint density at radius 1 is 1.40 bits per heavy atom. The van der Waals surface area contributed by atoms with Gasteiger partial charge in [-0.05, 0) is 46.8 Å². The highest BCUT2D eigenvalue weighted by atomic mass is 35.5. The average molecular weight is 330 g/mol. The molecule has 0 aromatic carbocycles. The molecule has 20 heavy (non-hydrogen) atoms. The van der Waals surface area contributed by atoms with E-state index in [0.29, 0.717) is 25.7 Å². The number of hydrogen-bond donors (Lipinski definition) is 2. The van der Waals surface area contributed by atoms with E-state index in [1.165, 1.54) is 0 Å². The van der Waals surface area contributed by atoms with Crippen molar-refractivity contribution in [3.05, 3.63) is 0 Å². The summed E-state index contributed by atoms with van der Waals surface area (Å²) in [7, 11) is 2.03. The molecule has 2 N–H and O–H groups in total. The van der Waals surface area contributed by atoms with Gasteiger partial charge in [0.25, 0.3) is 0 Å². The summed E-state index contributed by atoms with van der Waals surface area (Å²) in [6.07, 6.45) is 2.33. The smallest absolute Gasteiger partial charge is 0.234 e. The lowest BCUT2D eigenvalue weighted by atomic mass is 10.1. The minimum atomic E-state index is 0. The number of nitrogens with zero attached hydrogens (tertiary/aromatic N) is 1. The van der Waals surface area contributed by atoms with Crippen molar-refractivity contribution in [1.29, 1.82) is 0 Å². The number of likely N-dealkylation sites (N-methyl/N-ethyl adjacent to an activating group) is 1. The van der Waals surface area contributed by atoms with Crippen LogP contribution in [0.2, 0.25) is 0 Å². The first-order chi connectivity index (χ1) is 8.63. The van der Waals surface area contributed by atoms with Crippen molar-refractivity contribution in [3.8, 4) is 0 Å². The van der Waals surface area contributed by atoms with E-state index >= 15 is 0 Å². The van der Waals surface area contributed by atoms with E-state index in [0.717, 1.165) is 25.9 Å². The van der Waals surface area contributed by atoms with Crippen LogP contribution in [0.25, 0.3) is 0 Å². The Bertz CT molecular complexity index is 252. The number of rotatable bonds is 7. The van der Waals surface area contributed by atoms with Gasteiger partial charge in [-0.25, -0.2) is 0 Å². The average Bonchev–Trinajstić information content (AvgIpc) is 2.38. The predicted octanol–water partition coefficient (Wildman–Crippen LogP) is 1.05. The van der Waals surface area contributed by atoms with E-state index in [1.807, 2.05) is 20.9 Å². The first-order valence-electron chi connectivity index (χ1n) is 6.92. The maximum Gasteiger partial charge on any atom is 0.234 e. The maximum atomic E-state index is 11.8. The number of amides is 1. The molecule has 1 saturated heterocycles. The lowest BCUT2D eigenvalue weighted by Crippen LogP contribution is -2.46. The van der Waals surface area contributed by atoms with Crippen LogP contribution in [0.3, 0.4) is 0 Å². The third-order valence-corrected chi connectivity index (χ3v) is 3.36. The second kappa shape index (κ2) is 12.7. The van der Waals surface area contributed by atoms with Crippen molar-refractivity contribution in [3.63, 3.8) is 0 Å². The van der Waals surface area contributed by atoms with Gasteiger partial charge in [0.2, 0.25) is 5.91 Å². The van der Waals surface area contributed by atoms with E-state index in [-0.39, 0.29) is 36.8 Å². The SMILES string of the molecule is CCOC(C)CNC(=O)CN(C)C1CCNCC1.Cl.Cl. The molecule has 0 radical (unpaired) electrons. The fraction of sp³-hybridized carbons (Fsp3) is 0.923. The Morgan fingerprint density at radius 3 is 2.55 bits per heavy atom. The van der Waals surface area contributed by atoms with Gasteiger partial charge in [0.05, 0.1) is 12.6 Å². The lowest BCUT2D eigenvalue weighted by molar-refractivity contribution is -0.123. The molecule has 1 aliphatic rings. The highest BCUT2D eigenvalue weighted by Gasteiger charge is 2.19. The molecule has 0 spiro atoms. The summed E-state index contributed by atoms with van der Waals surface area (Å²) in [5.41, 5.74) is 0. The monoisotopic (exact) mass is 329 g/mol. The van der Waals surface area contributed by atoms with Crippen LogP contribution in [0.4, 0.5) is 0 Å². The van der Waals surface area contributed by atoms with Gasteiger partial charge in [0.1, 0.15) is 0 Å². The van der Waals surface area contributed by atoms with Crippen LogP contribution in [0, 0.1) is 0 Å². The Hall–Kier alpha value is -0.0700. The summed E-state index contributed by atoms with van der Waals surface area (Å²) in [6, 6.07) is 0.529. The van der Waals surface area contributed by atoms with Gasteiger partial charge in [0.15, 0.2) is 0 Å². The summed E-state index contributed by atoms with van der Waals surface area (Å²) in [5, 5.41) is 6.25. The molecule has 1 atom stereocenters. The van der Waals surface area contributed by atoms with Crippen molar-refractivity contribution in [2.45, 2.75) is 38.8 Å². The first-order valence-corrected chi connectivity index (χ1v) is 6.92. The lowest BCUT2D eigenvalue weighted by Gasteiger charge is -2.31. The van der Waals surface area contributed by atoms with Gasteiger partial charge in [-0.15, -0.1) is 24.8 Å². The third-order valence-electron chi connectivity index (χ3n) is 3.36. The quantitative estimate of drug-likeness (QED) is 0.733. The summed E-state index contributed by atoms with van der Waals surface area (Å²) in [6.45, 7) is 7.79. The van der Waals surface area contributed by atoms with Gasteiger partial charge in [0, 0.05) is 19.2 Å². The zero-order valence-corrected chi connectivity index (χ0v) is 14.3. The molecule has 1 fully saturated rings. The van der Waals surface area contributed by atoms with E-state index in [4.69, 9.17) is 4.74 Å². The number of hydrogen-bond acceptors (Lipinski definition) is 4. The zero-order valence-electron chi connectivity index (χ0n) is 12.7. The first kappa shape index (κ1) is 22.2. The maximum absolute atomic E-state index is 11.8. The molecule has 0 bridgehead atoms. The molecule has 1 rings (SSSR count). The molecule has 1 amide bonds. The van der Waals surface area contributed by atoms with E-state index < -0.39 is 0 Å². The van der Waals surface area contributed by atoms with Crippen molar-refractivity contribution < 1.29 is 9.53 Å². The van der Waals surface area contributed by atoms with Crippen LogP contribution in [-0.2, 0) is 9.53 Å². The van der Waals surface area contributed by atoms with Gasteiger partial charge in [-0.3, -0.25) is 9.69 Å². The van der Waals surface area contributed by atoms with Crippen LogP contribution in [0.15, 0.2) is 0 Å². The standard InChI is InChI=1S/C13H27N3O2.2ClH/c1-4-18-11(2)9-15-13(17)10-16(3)12-5-7-14-8-6-12;;/h11-12,14H,4-10H2,1-3H3,(H,15,17);2*1H. The number of carbonyl (C=O) groups is 1. The highest BCUT2D eigenvalue weighted by Crippen LogP contribution is 2.08. The minimum Gasteiger partial charge on any atom is -0.377 e. The van der Waals surface area contributed by atoms with E-state index in [1.54, 1.807) is 0 Å². The normalized spacial score (nSPS) is 17.0. The second-order valence-corrected chi connectivity index (χ2v) is 4.97. The molecule has 0 saturated carbocycles. The molecule has 1 heterocycles. The minimum absolute atomic E-state index is 0. The van der Waals surface area contributed by atoms with Crippen LogP contribution < -0.4 is 10.6 Å². The largest absolute Gasteiger partial charge is 0.377 e. The molecule has 1 aliphatic heterocycles. The third kappa shape index (κ3) is 8.97. The molecule has 0 aliphatic carbocycles. The van der Waals surface area contributed by atoms with Gasteiger partial charge >= 0.3 is 0 Å². The molecular formula is C13H29Cl2N3O2. The molecule has 7 heteroatoms. The van der Waals surface area contributed by atoms with Crippen LogP contribution in [0.5, 0.6) is 0 Å². The molecule has 0 aromatic rings. The number of nitrogens with one attached hydrogen (secondary N) is 2. The van der Waals surface area contributed by atoms with Crippen LogP contribution >= 0.6 is 24.8 Å². The summed E-state index contributed by atoms with van der Waals surface area (Å²) in [4.78, 5) is 13.9. The predicted molar refractivity (Wildman–Crippen MR) is 87.1 cm³/mol. The fourth-order valence-electron chi connectivity index (χ4n) is 2.26. The number of ether oxygens (including phenoxy) is 1. The zero-order chi connectivity index (χ0) is 13.4. The number of piperidine rings is 1. The summed E-state index contributed by atoms with van der Waals surface area (Å²) < 4.78 is 5.38. The van der Waals surface area contributed by atoms with Crippen molar-refractivity contribution in [2.75, 3.05) is 39.8 Å². The van der Waals surface area contributed by atoms with E-state index in [2.05, 4.69) is 15.5 Å². The highest BCUT2D eigenvalue weighted by molar-refractivity contribution is 5.85. The molecular weight excluding hydrogens is 301 g/mol. The Balaban J connectivity index is 0. The van der Waals surface area contributed by atoms with Gasteiger partial charge in [-0.2, -0.15) is 0 Å².